The van der Waals surface area contributed by atoms with Crippen LogP contribution in [-0.4, -0.2) is 35.9 Å². The Labute approximate surface area is 166 Å². The van der Waals surface area contributed by atoms with E-state index in [1.807, 2.05) is 0 Å². The van der Waals surface area contributed by atoms with Crippen molar-refractivity contribution in [2.24, 2.45) is 0 Å². The third-order valence-corrected chi connectivity index (χ3v) is 5.31. The highest BCUT2D eigenvalue weighted by Crippen LogP contribution is 2.40. The van der Waals surface area contributed by atoms with Crippen LogP contribution < -0.4 is 15.4 Å². The zero-order valence-electron chi connectivity index (χ0n) is 15.8. The van der Waals surface area contributed by atoms with Crippen LogP contribution in [0, 0.1) is 5.82 Å². The van der Waals surface area contributed by atoms with E-state index in [1.54, 1.807) is 43.3 Å². The highest BCUT2D eigenvalue weighted by Gasteiger charge is 2.55. The summed E-state index contributed by atoms with van der Waals surface area (Å²) in [4.78, 5) is 39.1. The van der Waals surface area contributed by atoms with Crippen LogP contribution in [0.15, 0.2) is 48.5 Å². The molecule has 2 aromatic rings. The van der Waals surface area contributed by atoms with Gasteiger partial charge in [-0.05, 0) is 30.7 Å². The Morgan fingerprint density at radius 1 is 1.24 bits per heavy atom. The van der Waals surface area contributed by atoms with E-state index in [9.17, 15) is 18.8 Å². The number of fused-ring (bicyclic) bond motifs is 2. The van der Waals surface area contributed by atoms with E-state index >= 15 is 0 Å². The van der Waals surface area contributed by atoms with E-state index in [1.165, 1.54) is 12.1 Å². The van der Waals surface area contributed by atoms with Crippen molar-refractivity contribution in [1.29, 1.82) is 0 Å². The van der Waals surface area contributed by atoms with Gasteiger partial charge in [-0.1, -0.05) is 30.3 Å². The van der Waals surface area contributed by atoms with E-state index in [4.69, 9.17) is 4.74 Å². The molecule has 2 aliphatic heterocycles. The number of benzene rings is 2. The molecule has 7 nitrogen and oxygen atoms in total. The maximum Gasteiger partial charge on any atom is 0.325 e. The standard InChI is InChI=1S/C21H20FN3O4/c1-13(14-6-8-15(22)9-7-14)23-18(26)12-25-19(27)21(24-20(25)28)10-11-29-17-5-3-2-4-16(17)21/h2-9,13H,10-12H2,1H3,(H,23,26)(H,24,28)/t13-,21+/m0/s1. The molecular formula is C21H20FN3O4. The Morgan fingerprint density at radius 2 is 1.97 bits per heavy atom. The molecule has 8 heteroatoms. The quantitative estimate of drug-likeness (QED) is 0.775. The number of hydrogen-bond acceptors (Lipinski definition) is 4. The summed E-state index contributed by atoms with van der Waals surface area (Å²) in [7, 11) is 0. The van der Waals surface area contributed by atoms with Crippen molar-refractivity contribution in [2.75, 3.05) is 13.2 Å². The zero-order chi connectivity index (χ0) is 20.6. The number of hydrogen-bond donors (Lipinski definition) is 2. The largest absolute Gasteiger partial charge is 0.493 e. The van der Waals surface area contributed by atoms with Crippen LogP contribution in [0.2, 0.25) is 0 Å². The average molecular weight is 397 g/mol. The monoisotopic (exact) mass is 397 g/mol. The van der Waals surface area contributed by atoms with E-state index in [-0.39, 0.29) is 12.4 Å². The van der Waals surface area contributed by atoms with Crippen LogP contribution in [0.4, 0.5) is 9.18 Å². The van der Waals surface area contributed by atoms with Gasteiger partial charge in [-0.25, -0.2) is 9.18 Å². The molecular weight excluding hydrogens is 377 g/mol. The van der Waals surface area contributed by atoms with Crippen LogP contribution in [0.5, 0.6) is 5.75 Å². The van der Waals surface area contributed by atoms with Gasteiger partial charge in [0.05, 0.1) is 12.6 Å². The fraction of sp³-hybridized carbons (Fsp3) is 0.286. The number of imide groups is 1. The first-order valence-corrected chi connectivity index (χ1v) is 9.32. The maximum absolute atomic E-state index is 13.1. The molecule has 29 heavy (non-hydrogen) atoms. The molecule has 2 aromatic carbocycles. The Balaban J connectivity index is 1.49. The number of nitrogens with one attached hydrogen (secondary N) is 2. The molecule has 2 heterocycles. The smallest absolute Gasteiger partial charge is 0.325 e. The number of urea groups is 1. The van der Waals surface area contributed by atoms with E-state index in [2.05, 4.69) is 10.6 Å². The summed E-state index contributed by atoms with van der Waals surface area (Å²) in [5.74, 6) is -0.775. The molecule has 4 rings (SSSR count). The molecule has 0 unspecified atom stereocenters. The lowest BCUT2D eigenvalue weighted by Crippen LogP contribution is -2.48. The first kappa shape index (κ1) is 18.9. The fourth-order valence-electron chi connectivity index (χ4n) is 3.78. The number of para-hydroxylation sites is 1. The van der Waals surface area contributed by atoms with Gasteiger partial charge in [0.15, 0.2) is 5.54 Å². The van der Waals surface area contributed by atoms with Crippen molar-refractivity contribution in [3.05, 3.63) is 65.5 Å². The second-order valence-corrected chi connectivity index (χ2v) is 7.16. The van der Waals surface area contributed by atoms with Crippen molar-refractivity contribution in [3.63, 3.8) is 0 Å². The van der Waals surface area contributed by atoms with Gasteiger partial charge in [-0.3, -0.25) is 14.5 Å². The van der Waals surface area contributed by atoms with Crippen LogP contribution >= 0.6 is 0 Å². The summed E-state index contributed by atoms with van der Waals surface area (Å²) in [5, 5.41) is 5.49. The Bertz CT molecular complexity index is 978. The van der Waals surface area contributed by atoms with Crippen molar-refractivity contribution in [3.8, 4) is 5.75 Å². The topological polar surface area (TPSA) is 87.7 Å². The van der Waals surface area contributed by atoms with E-state index < -0.39 is 36.0 Å². The van der Waals surface area contributed by atoms with Gasteiger partial charge >= 0.3 is 6.03 Å². The lowest BCUT2D eigenvalue weighted by atomic mass is 9.84. The van der Waals surface area contributed by atoms with Gasteiger partial charge < -0.3 is 15.4 Å². The number of carbonyl (C=O) groups excluding carboxylic acids is 3. The predicted octanol–water partition coefficient (Wildman–Crippen LogP) is 2.23. The van der Waals surface area contributed by atoms with Gasteiger partial charge in [0.1, 0.15) is 18.1 Å². The van der Waals surface area contributed by atoms with Gasteiger partial charge in [-0.2, -0.15) is 0 Å². The summed E-state index contributed by atoms with van der Waals surface area (Å²) in [6, 6.07) is 11.8. The highest BCUT2D eigenvalue weighted by atomic mass is 19.1. The molecule has 2 N–H and O–H groups in total. The molecule has 150 valence electrons. The lowest BCUT2D eigenvalue weighted by molar-refractivity contribution is -0.136. The third kappa shape index (κ3) is 3.30. The molecule has 0 bridgehead atoms. The van der Waals surface area contributed by atoms with E-state index in [0.717, 1.165) is 4.90 Å². The fourth-order valence-corrected chi connectivity index (χ4v) is 3.78. The SMILES string of the molecule is C[C@H](NC(=O)CN1C(=O)N[C@@]2(CCOc3ccccc32)C1=O)c1ccc(F)cc1. The molecule has 0 aromatic heterocycles. The third-order valence-electron chi connectivity index (χ3n) is 5.31. The van der Waals surface area contributed by atoms with Crippen LogP contribution in [0.3, 0.4) is 0 Å². The predicted molar refractivity (Wildman–Crippen MR) is 101 cm³/mol. The Morgan fingerprint density at radius 3 is 2.72 bits per heavy atom. The summed E-state index contributed by atoms with van der Waals surface area (Å²) in [5.41, 5.74) is 0.0911. The minimum absolute atomic E-state index is 0.282. The summed E-state index contributed by atoms with van der Waals surface area (Å²) in [6.07, 6.45) is 0.290. The molecule has 1 saturated heterocycles. The summed E-state index contributed by atoms with van der Waals surface area (Å²) >= 11 is 0. The number of halogens is 1. The molecule has 0 radical (unpaired) electrons. The van der Waals surface area contributed by atoms with Crippen molar-refractivity contribution in [2.45, 2.75) is 24.9 Å². The minimum atomic E-state index is -1.21. The van der Waals surface area contributed by atoms with E-state index in [0.29, 0.717) is 23.3 Å². The minimum Gasteiger partial charge on any atom is -0.493 e. The maximum atomic E-state index is 13.1. The number of amides is 4. The molecule has 0 saturated carbocycles. The average Bonchev–Trinajstić information content (AvgIpc) is 2.93. The number of carbonyl (C=O) groups is 3. The second kappa shape index (κ2) is 7.20. The molecule has 1 fully saturated rings. The molecule has 4 amide bonds. The highest BCUT2D eigenvalue weighted by molar-refractivity contribution is 6.09. The van der Waals surface area contributed by atoms with Gasteiger partial charge in [0.2, 0.25) is 5.91 Å². The first-order valence-electron chi connectivity index (χ1n) is 9.32. The van der Waals surface area contributed by atoms with Gasteiger partial charge in [0.25, 0.3) is 5.91 Å². The number of nitrogens with zero attached hydrogens (tertiary/aromatic N) is 1. The van der Waals surface area contributed by atoms with Crippen LogP contribution in [0.25, 0.3) is 0 Å². The molecule has 2 aliphatic rings. The van der Waals surface area contributed by atoms with Crippen molar-refractivity contribution in [1.82, 2.24) is 15.5 Å². The Kier molecular flexibility index (Phi) is 4.70. The second-order valence-electron chi connectivity index (χ2n) is 7.16. The molecule has 1 spiro atoms. The summed E-state index contributed by atoms with van der Waals surface area (Å²) in [6.45, 7) is 1.62. The van der Waals surface area contributed by atoms with Crippen molar-refractivity contribution >= 4 is 17.8 Å². The van der Waals surface area contributed by atoms with Gasteiger partial charge in [0, 0.05) is 12.0 Å². The zero-order valence-corrected chi connectivity index (χ0v) is 15.8. The first-order chi connectivity index (χ1) is 13.9. The Hall–Kier alpha value is -3.42. The van der Waals surface area contributed by atoms with Crippen LogP contribution in [0.1, 0.15) is 30.5 Å². The van der Waals surface area contributed by atoms with Crippen LogP contribution in [-0.2, 0) is 15.1 Å². The van der Waals surface area contributed by atoms with Crippen molar-refractivity contribution < 1.29 is 23.5 Å². The lowest BCUT2D eigenvalue weighted by Gasteiger charge is -2.33. The number of ether oxygens (including phenoxy) is 1. The normalized spacial score (nSPS) is 21.4. The molecule has 2 atom stereocenters. The number of rotatable bonds is 4. The van der Waals surface area contributed by atoms with Gasteiger partial charge in [-0.15, -0.1) is 0 Å². The summed E-state index contributed by atoms with van der Waals surface area (Å²) < 4.78 is 18.7. The molecule has 0 aliphatic carbocycles.